The van der Waals surface area contributed by atoms with Gasteiger partial charge in [-0.25, -0.2) is 9.78 Å². The van der Waals surface area contributed by atoms with Gasteiger partial charge in [-0.05, 0) is 17.7 Å². The minimum absolute atomic E-state index is 0.0698. The lowest BCUT2D eigenvalue weighted by atomic mass is 9.96. The molecule has 0 aliphatic rings. The van der Waals surface area contributed by atoms with E-state index in [-0.39, 0.29) is 11.0 Å². The van der Waals surface area contributed by atoms with Crippen LogP contribution < -0.4 is 5.32 Å². The summed E-state index contributed by atoms with van der Waals surface area (Å²) < 4.78 is 4.32. The summed E-state index contributed by atoms with van der Waals surface area (Å²) in [5, 5.41) is 12.9. The fraction of sp³-hybridized carbons (Fsp3) is 0.357. The predicted octanol–water partition coefficient (Wildman–Crippen LogP) is 3.15. The Bertz CT molecular complexity index is 617. The van der Waals surface area contributed by atoms with Gasteiger partial charge in [-0.1, -0.05) is 32.9 Å². The highest BCUT2D eigenvalue weighted by Crippen LogP contribution is 2.23. The average Bonchev–Trinajstić information content (AvgIpc) is 2.85. The fourth-order valence-corrected chi connectivity index (χ4v) is 2.34. The lowest BCUT2D eigenvalue weighted by Crippen LogP contribution is -2.13. The van der Waals surface area contributed by atoms with Gasteiger partial charge in [-0.2, -0.15) is 4.37 Å². The highest BCUT2D eigenvalue weighted by atomic mass is 32.1. The fourth-order valence-electron chi connectivity index (χ4n) is 1.59. The summed E-state index contributed by atoms with van der Waals surface area (Å²) in [7, 11) is 0. The van der Waals surface area contributed by atoms with Crippen LogP contribution in [0.4, 0.5) is 5.13 Å². The molecule has 0 amide bonds. The minimum atomic E-state index is -0.919. The third-order valence-electron chi connectivity index (χ3n) is 2.71. The summed E-state index contributed by atoms with van der Waals surface area (Å²) >= 11 is 1.32. The number of hydrogen-bond donors (Lipinski definition) is 2. The van der Waals surface area contributed by atoms with Crippen molar-refractivity contribution in [1.82, 2.24) is 9.36 Å². The van der Waals surface area contributed by atoms with E-state index in [9.17, 15) is 4.79 Å². The van der Waals surface area contributed by atoms with Crippen LogP contribution in [-0.4, -0.2) is 20.4 Å². The summed E-state index contributed by atoms with van der Waals surface area (Å²) in [5.74, 6) is -0.109. The van der Waals surface area contributed by atoms with Crippen LogP contribution in [-0.2, 0) is 12.0 Å². The zero-order chi connectivity index (χ0) is 14.8. The Morgan fingerprint density at radius 1 is 1.40 bits per heavy atom. The van der Waals surface area contributed by atoms with Gasteiger partial charge in [0.05, 0.1) is 5.56 Å². The summed E-state index contributed by atoms with van der Waals surface area (Å²) in [5.41, 5.74) is 1.12. The molecule has 20 heavy (non-hydrogen) atoms. The van der Waals surface area contributed by atoms with Crippen LogP contribution in [0, 0.1) is 0 Å². The van der Waals surface area contributed by atoms with E-state index in [1.807, 2.05) is 6.07 Å². The molecule has 0 aliphatic carbocycles. The van der Waals surface area contributed by atoms with E-state index < -0.39 is 5.97 Å². The van der Waals surface area contributed by atoms with Crippen LogP contribution in [0.3, 0.4) is 0 Å². The third kappa shape index (κ3) is 3.54. The molecule has 0 saturated heterocycles. The van der Waals surface area contributed by atoms with E-state index in [1.165, 1.54) is 11.5 Å². The molecule has 1 aromatic heterocycles. The molecule has 0 unspecified atom stereocenters. The van der Waals surface area contributed by atoms with Crippen molar-refractivity contribution >= 4 is 22.6 Å². The first kappa shape index (κ1) is 14.5. The van der Waals surface area contributed by atoms with Gasteiger partial charge < -0.3 is 10.4 Å². The topological polar surface area (TPSA) is 75.1 Å². The first-order valence-electron chi connectivity index (χ1n) is 6.26. The molecule has 0 spiro atoms. The molecule has 1 aromatic carbocycles. The molecule has 0 saturated carbocycles. The third-order valence-corrected chi connectivity index (χ3v) is 3.39. The van der Waals surface area contributed by atoms with Crippen molar-refractivity contribution in [3.63, 3.8) is 0 Å². The number of nitrogens with zero attached hydrogens (tertiary/aromatic N) is 2. The first-order chi connectivity index (χ1) is 9.36. The van der Waals surface area contributed by atoms with Gasteiger partial charge in [0.25, 0.3) is 0 Å². The number of nitrogens with one attached hydrogen (secondary N) is 1. The van der Waals surface area contributed by atoms with Crippen molar-refractivity contribution in [2.24, 2.45) is 0 Å². The molecule has 0 bridgehead atoms. The molecule has 0 atom stereocenters. The van der Waals surface area contributed by atoms with E-state index in [1.54, 1.807) is 18.2 Å². The van der Waals surface area contributed by atoms with Crippen LogP contribution in [0.15, 0.2) is 24.3 Å². The maximum Gasteiger partial charge on any atom is 0.335 e. The molecule has 5 nitrogen and oxygen atoms in total. The van der Waals surface area contributed by atoms with E-state index in [2.05, 4.69) is 35.4 Å². The van der Waals surface area contributed by atoms with Crippen LogP contribution >= 0.6 is 11.5 Å². The van der Waals surface area contributed by atoms with Crippen molar-refractivity contribution in [3.05, 3.63) is 41.2 Å². The molecule has 106 valence electrons. The summed E-state index contributed by atoms with van der Waals surface area (Å²) in [6.45, 7) is 6.72. The highest BCUT2D eigenvalue weighted by Gasteiger charge is 2.19. The van der Waals surface area contributed by atoms with Crippen LogP contribution in [0.25, 0.3) is 0 Å². The van der Waals surface area contributed by atoms with Crippen molar-refractivity contribution in [1.29, 1.82) is 0 Å². The number of aromatic carboxylic acids is 1. The molecule has 0 aliphatic heterocycles. The van der Waals surface area contributed by atoms with Gasteiger partial charge in [-0.15, -0.1) is 0 Å². The average molecular weight is 291 g/mol. The monoisotopic (exact) mass is 291 g/mol. The molecule has 2 N–H and O–H groups in total. The van der Waals surface area contributed by atoms with Crippen LogP contribution in [0.1, 0.15) is 42.5 Å². The predicted molar refractivity (Wildman–Crippen MR) is 79.3 cm³/mol. The number of carboxylic acids is 1. The maximum absolute atomic E-state index is 10.9. The Labute approximate surface area is 121 Å². The molecule has 2 rings (SSSR count). The standard InChI is InChI=1S/C14H17N3O2S/c1-14(2,3)12-16-13(20-17-12)15-8-9-5-4-6-10(7-9)11(18)19/h4-7H,8H2,1-3H3,(H,18,19)(H,15,16,17). The number of benzene rings is 1. The van der Waals surface area contributed by atoms with Gasteiger partial charge in [0.15, 0.2) is 0 Å². The molecular weight excluding hydrogens is 274 g/mol. The molecule has 6 heteroatoms. The Morgan fingerprint density at radius 2 is 2.15 bits per heavy atom. The zero-order valence-corrected chi connectivity index (χ0v) is 12.5. The summed E-state index contributed by atoms with van der Waals surface area (Å²) in [6, 6.07) is 6.85. The smallest absolute Gasteiger partial charge is 0.335 e. The lowest BCUT2D eigenvalue weighted by Gasteiger charge is -2.12. The molecule has 0 fully saturated rings. The van der Waals surface area contributed by atoms with Gasteiger partial charge in [0.1, 0.15) is 5.82 Å². The van der Waals surface area contributed by atoms with E-state index in [0.29, 0.717) is 6.54 Å². The van der Waals surface area contributed by atoms with Crippen molar-refractivity contribution in [3.8, 4) is 0 Å². The van der Waals surface area contributed by atoms with Gasteiger partial charge >= 0.3 is 5.97 Å². The molecule has 1 heterocycles. The van der Waals surface area contributed by atoms with Crippen molar-refractivity contribution in [2.45, 2.75) is 32.7 Å². The second-order valence-electron chi connectivity index (χ2n) is 5.53. The van der Waals surface area contributed by atoms with E-state index in [0.717, 1.165) is 16.5 Å². The number of anilines is 1. The van der Waals surface area contributed by atoms with Crippen molar-refractivity contribution < 1.29 is 9.90 Å². The van der Waals surface area contributed by atoms with Gasteiger partial charge in [0, 0.05) is 23.5 Å². The van der Waals surface area contributed by atoms with E-state index >= 15 is 0 Å². The Morgan fingerprint density at radius 3 is 2.75 bits per heavy atom. The van der Waals surface area contributed by atoms with Crippen LogP contribution in [0.5, 0.6) is 0 Å². The maximum atomic E-state index is 10.9. The second kappa shape index (κ2) is 5.58. The Kier molecular flexibility index (Phi) is 4.04. The second-order valence-corrected chi connectivity index (χ2v) is 6.28. The molecular formula is C14H17N3O2S. The van der Waals surface area contributed by atoms with Crippen LogP contribution in [0.2, 0.25) is 0 Å². The summed E-state index contributed by atoms with van der Waals surface area (Å²) in [4.78, 5) is 15.3. The number of rotatable bonds is 4. The minimum Gasteiger partial charge on any atom is -0.478 e. The largest absolute Gasteiger partial charge is 0.478 e. The van der Waals surface area contributed by atoms with Crippen molar-refractivity contribution in [2.75, 3.05) is 5.32 Å². The molecule has 2 aromatic rings. The SMILES string of the molecule is CC(C)(C)c1nsc(NCc2cccc(C(=O)O)c2)n1. The Hall–Kier alpha value is -1.95. The summed E-state index contributed by atoms with van der Waals surface area (Å²) in [6.07, 6.45) is 0. The number of hydrogen-bond acceptors (Lipinski definition) is 5. The Balaban J connectivity index is 2.04. The van der Waals surface area contributed by atoms with Gasteiger partial charge in [-0.3, -0.25) is 0 Å². The quantitative estimate of drug-likeness (QED) is 0.905. The number of aromatic nitrogens is 2. The van der Waals surface area contributed by atoms with Gasteiger partial charge in [0.2, 0.25) is 5.13 Å². The lowest BCUT2D eigenvalue weighted by molar-refractivity contribution is 0.0697. The number of carbonyl (C=O) groups is 1. The highest BCUT2D eigenvalue weighted by molar-refractivity contribution is 7.09. The normalized spacial score (nSPS) is 11.3. The van der Waals surface area contributed by atoms with E-state index in [4.69, 9.17) is 5.11 Å². The molecule has 0 radical (unpaired) electrons. The first-order valence-corrected chi connectivity index (χ1v) is 7.04. The number of carboxylic acid groups (broad SMARTS) is 1. The zero-order valence-electron chi connectivity index (χ0n) is 11.7.